The van der Waals surface area contributed by atoms with Crippen molar-refractivity contribution in [3.8, 4) is 11.8 Å². The Bertz CT molecular complexity index is 984. The van der Waals surface area contributed by atoms with E-state index in [4.69, 9.17) is 14.2 Å². The summed E-state index contributed by atoms with van der Waals surface area (Å²) in [5.41, 5.74) is 0.442. The molecule has 1 aromatic rings. The van der Waals surface area contributed by atoms with E-state index in [2.05, 4.69) is 6.07 Å². The molecule has 196 valence electrons. The Labute approximate surface area is 214 Å². The van der Waals surface area contributed by atoms with E-state index < -0.39 is 0 Å². The highest BCUT2D eigenvalue weighted by molar-refractivity contribution is 5.97. The average molecular weight is 498 g/mol. The summed E-state index contributed by atoms with van der Waals surface area (Å²) in [5, 5.41) is 9.76. The predicted molar refractivity (Wildman–Crippen MR) is 135 cm³/mol. The van der Waals surface area contributed by atoms with Crippen molar-refractivity contribution >= 4 is 11.8 Å². The van der Waals surface area contributed by atoms with Gasteiger partial charge in [-0.2, -0.15) is 5.26 Å². The summed E-state index contributed by atoms with van der Waals surface area (Å²) in [6, 6.07) is 7.26. The number of para-hydroxylation sites is 1. The summed E-state index contributed by atoms with van der Waals surface area (Å²) in [6.07, 6.45) is 7.53. The number of carbonyl (C=O) groups is 2. The minimum absolute atomic E-state index is 0.00440. The molecule has 0 aromatic heterocycles. The van der Waals surface area contributed by atoms with Gasteiger partial charge in [0, 0.05) is 40.7 Å². The molecule has 2 amide bonds. The Balaban J connectivity index is 1.69. The van der Waals surface area contributed by atoms with Gasteiger partial charge in [0.2, 0.25) is 5.91 Å². The van der Waals surface area contributed by atoms with Crippen molar-refractivity contribution in [2.75, 3.05) is 40.9 Å². The number of ether oxygens (including phenoxy) is 3. The third-order valence-electron chi connectivity index (χ3n) is 8.19. The third kappa shape index (κ3) is 5.84. The molecule has 1 saturated heterocycles. The number of rotatable bonds is 1. The first kappa shape index (κ1) is 26.4. The molecule has 0 unspecified atom stereocenters. The summed E-state index contributed by atoms with van der Waals surface area (Å²) in [5.74, 6) is 0.214. The highest BCUT2D eigenvalue weighted by Gasteiger charge is 2.39. The second-order valence-corrected chi connectivity index (χ2v) is 10.8. The molecule has 1 aliphatic carbocycles. The Morgan fingerprint density at radius 3 is 2.58 bits per heavy atom. The number of benzene rings is 1. The second-order valence-electron chi connectivity index (χ2n) is 10.8. The fourth-order valence-electron chi connectivity index (χ4n) is 6.07. The highest BCUT2D eigenvalue weighted by atomic mass is 16.6. The zero-order valence-electron chi connectivity index (χ0n) is 21.8. The standard InChI is InChI=1S/C28H39N3O5/c1-30-15-12-21-10-11-23(34-3)24(36-21)18-35-26-20(17-29)8-7-9-22(26)27(33)31(2)19-28(16-25(30)32)13-5-4-6-14-28/h7-9,21,23-24H,4-6,10-16,18-19H2,1-3H3/t21-,23+,24+/m0/s1. The van der Waals surface area contributed by atoms with Crippen LogP contribution in [0.25, 0.3) is 0 Å². The maximum atomic E-state index is 13.7. The Hall–Kier alpha value is -2.63. The lowest BCUT2D eigenvalue weighted by Gasteiger charge is -2.41. The molecule has 2 heterocycles. The third-order valence-corrected chi connectivity index (χ3v) is 8.19. The van der Waals surface area contributed by atoms with E-state index in [-0.39, 0.29) is 47.9 Å². The quantitative estimate of drug-likeness (QED) is 0.587. The van der Waals surface area contributed by atoms with E-state index in [1.165, 1.54) is 0 Å². The van der Waals surface area contributed by atoms with Crippen molar-refractivity contribution in [3.63, 3.8) is 0 Å². The van der Waals surface area contributed by atoms with Gasteiger partial charge >= 0.3 is 0 Å². The van der Waals surface area contributed by atoms with Crippen LogP contribution >= 0.6 is 0 Å². The van der Waals surface area contributed by atoms with Crippen LogP contribution < -0.4 is 4.74 Å². The van der Waals surface area contributed by atoms with Gasteiger partial charge in [-0.05, 0) is 49.7 Å². The molecule has 2 fully saturated rings. The van der Waals surface area contributed by atoms with Crippen molar-refractivity contribution < 1.29 is 23.8 Å². The summed E-state index contributed by atoms with van der Waals surface area (Å²) in [4.78, 5) is 30.6. The number of hydrogen-bond acceptors (Lipinski definition) is 6. The monoisotopic (exact) mass is 497 g/mol. The average Bonchev–Trinajstić information content (AvgIpc) is 2.89. The smallest absolute Gasteiger partial charge is 0.257 e. The number of carbonyl (C=O) groups excluding carboxylic acids is 2. The van der Waals surface area contributed by atoms with Gasteiger partial charge in [-0.1, -0.05) is 25.3 Å². The Kier molecular flexibility index (Phi) is 8.53. The van der Waals surface area contributed by atoms with E-state index in [1.54, 1.807) is 37.3 Å². The van der Waals surface area contributed by atoms with Crippen LogP contribution in [0.1, 0.15) is 73.7 Å². The van der Waals surface area contributed by atoms with Crippen molar-refractivity contribution in [2.24, 2.45) is 5.41 Å². The molecule has 2 aliphatic heterocycles. The topological polar surface area (TPSA) is 92.1 Å². The molecule has 8 nitrogen and oxygen atoms in total. The van der Waals surface area contributed by atoms with E-state index in [0.717, 1.165) is 51.4 Å². The van der Waals surface area contributed by atoms with Gasteiger partial charge in [0.1, 0.15) is 24.5 Å². The number of methoxy groups -OCH3 is 1. The minimum atomic E-state index is -0.333. The van der Waals surface area contributed by atoms with Crippen LogP contribution in [-0.4, -0.2) is 80.8 Å². The largest absolute Gasteiger partial charge is 0.489 e. The Morgan fingerprint density at radius 2 is 1.86 bits per heavy atom. The van der Waals surface area contributed by atoms with Crippen LogP contribution in [0.4, 0.5) is 0 Å². The minimum Gasteiger partial charge on any atom is -0.489 e. The lowest BCUT2D eigenvalue weighted by atomic mass is 9.71. The lowest BCUT2D eigenvalue weighted by Crippen LogP contribution is -2.46. The molecule has 8 heteroatoms. The van der Waals surface area contributed by atoms with Gasteiger partial charge in [0.05, 0.1) is 23.3 Å². The van der Waals surface area contributed by atoms with E-state index in [0.29, 0.717) is 30.6 Å². The van der Waals surface area contributed by atoms with Crippen LogP contribution in [-0.2, 0) is 14.3 Å². The number of nitrogens with zero attached hydrogens (tertiary/aromatic N) is 3. The molecular formula is C28H39N3O5. The summed E-state index contributed by atoms with van der Waals surface area (Å²) in [7, 11) is 5.32. The molecule has 36 heavy (non-hydrogen) atoms. The number of amides is 2. The summed E-state index contributed by atoms with van der Waals surface area (Å²) >= 11 is 0. The molecule has 1 aromatic carbocycles. The summed E-state index contributed by atoms with van der Waals surface area (Å²) in [6.45, 7) is 1.30. The van der Waals surface area contributed by atoms with Gasteiger partial charge in [0.15, 0.2) is 0 Å². The zero-order valence-corrected chi connectivity index (χ0v) is 21.8. The molecule has 4 rings (SSSR count). The summed E-state index contributed by atoms with van der Waals surface area (Å²) < 4.78 is 18.2. The van der Waals surface area contributed by atoms with Crippen LogP contribution in [0.5, 0.6) is 5.75 Å². The van der Waals surface area contributed by atoms with Crippen molar-refractivity contribution in [2.45, 2.75) is 76.1 Å². The predicted octanol–water partition coefficient (Wildman–Crippen LogP) is 3.77. The van der Waals surface area contributed by atoms with Crippen LogP contribution in [0.2, 0.25) is 0 Å². The maximum Gasteiger partial charge on any atom is 0.257 e. The molecule has 0 N–H and O–H groups in total. The fraction of sp³-hybridized carbons (Fsp3) is 0.679. The van der Waals surface area contributed by atoms with E-state index >= 15 is 0 Å². The molecule has 1 spiro atoms. The van der Waals surface area contributed by atoms with Gasteiger partial charge in [-0.3, -0.25) is 9.59 Å². The van der Waals surface area contributed by atoms with Crippen molar-refractivity contribution in [1.82, 2.24) is 9.80 Å². The molecule has 1 saturated carbocycles. The number of fused-ring (bicyclic) bond motifs is 3. The highest BCUT2D eigenvalue weighted by Crippen LogP contribution is 2.41. The van der Waals surface area contributed by atoms with Crippen LogP contribution in [0.15, 0.2) is 18.2 Å². The first-order valence-corrected chi connectivity index (χ1v) is 13.2. The lowest BCUT2D eigenvalue weighted by molar-refractivity contribution is -0.146. The number of hydrogen-bond donors (Lipinski definition) is 0. The van der Waals surface area contributed by atoms with Crippen LogP contribution in [0, 0.1) is 16.7 Å². The maximum absolute atomic E-state index is 13.7. The fourth-order valence-corrected chi connectivity index (χ4v) is 6.07. The zero-order chi connectivity index (χ0) is 25.7. The first-order chi connectivity index (χ1) is 17.4. The van der Waals surface area contributed by atoms with Gasteiger partial charge in [-0.15, -0.1) is 0 Å². The van der Waals surface area contributed by atoms with Crippen molar-refractivity contribution in [3.05, 3.63) is 29.3 Å². The molecule has 2 bridgehead atoms. The van der Waals surface area contributed by atoms with E-state index in [9.17, 15) is 14.9 Å². The Morgan fingerprint density at radius 1 is 1.08 bits per heavy atom. The first-order valence-electron chi connectivity index (χ1n) is 13.2. The molecular weight excluding hydrogens is 458 g/mol. The number of nitriles is 1. The van der Waals surface area contributed by atoms with Gasteiger partial charge in [0.25, 0.3) is 5.91 Å². The molecule has 0 radical (unpaired) electrons. The van der Waals surface area contributed by atoms with Crippen molar-refractivity contribution in [1.29, 1.82) is 5.26 Å². The normalized spacial score (nSPS) is 27.8. The SMILES string of the molecule is CO[C@@H]1CC[C@H]2CCN(C)C(=O)CC3(CCCCC3)CN(C)C(=O)c3cccc(C#N)c3OC[C@H]1O2. The molecule has 3 aliphatic rings. The second kappa shape index (κ2) is 11.6. The van der Waals surface area contributed by atoms with Gasteiger partial charge < -0.3 is 24.0 Å². The van der Waals surface area contributed by atoms with E-state index in [1.807, 2.05) is 11.9 Å². The van der Waals surface area contributed by atoms with Crippen LogP contribution in [0.3, 0.4) is 0 Å². The molecule has 3 atom stereocenters. The van der Waals surface area contributed by atoms with Gasteiger partial charge in [-0.25, -0.2) is 0 Å².